The molecule has 1 atom stereocenters. The van der Waals surface area contributed by atoms with E-state index in [2.05, 4.69) is 18.8 Å². The van der Waals surface area contributed by atoms with E-state index in [-0.39, 0.29) is 5.91 Å². The highest BCUT2D eigenvalue weighted by Crippen LogP contribution is 2.35. The van der Waals surface area contributed by atoms with Gasteiger partial charge in [-0.3, -0.25) is 15.1 Å². The molecule has 0 bridgehead atoms. The molecule has 154 valence electrons. The Morgan fingerprint density at radius 1 is 1.23 bits per heavy atom. The van der Waals surface area contributed by atoms with Gasteiger partial charge in [0.05, 0.1) is 12.0 Å². The average Bonchev–Trinajstić information content (AvgIpc) is 2.77. The van der Waals surface area contributed by atoms with Crippen molar-refractivity contribution in [2.45, 2.75) is 25.9 Å². The zero-order valence-corrected chi connectivity index (χ0v) is 17.7. The molecule has 0 spiro atoms. The van der Waals surface area contributed by atoms with Crippen molar-refractivity contribution >= 4 is 28.5 Å². The number of ether oxygens (including phenoxy) is 1. The number of thioether (sulfide) groups is 1. The van der Waals surface area contributed by atoms with E-state index in [9.17, 15) is 4.79 Å². The molecular weight excluding hydrogens is 396 g/mol. The van der Waals surface area contributed by atoms with Crippen LogP contribution in [0.1, 0.15) is 31.5 Å². The number of fused-ring (bicyclic) bond motifs is 2. The van der Waals surface area contributed by atoms with Crippen LogP contribution < -0.4 is 20.6 Å². The van der Waals surface area contributed by atoms with Gasteiger partial charge in [-0.25, -0.2) is 5.01 Å². The van der Waals surface area contributed by atoms with Crippen LogP contribution in [0.3, 0.4) is 0 Å². The van der Waals surface area contributed by atoms with Crippen LogP contribution in [0.25, 0.3) is 5.70 Å². The Morgan fingerprint density at radius 3 is 2.87 bits per heavy atom. The van der Waals surface area contributed by atoms with Crippen LogP contribution in [0.15, 0.2) is 71.3 Å². The fourth-order valence-corrected chi connectivity index (χ4v) is 3.97. The molecule has 2 heterocycles. The van der Waals surface area contributed by atoms with Crippen molar-refractivity contribution in [1.82, 2.24) is 10.3 Å². The summed E-state index contributed by atoms with van der Waals surface area (Å²) in [4.78, 5) is 18.0. The summed E-state index contributed by atoms with van der Waals surface area (Å²) < 4.78 is 6.05. The Balaban J connectivity index is 1.84. The number of carbonyl (C=O) groups excluding carboxylic acids is 1. The summed E-state index contributed by atoms with van der Waals surface area (Å²) in [5.41, 5.74) is 1.38. The highest BCUT2D eigenvalue weighted by atomic mass is 32.2. The average molecular weight is 421 g/mol. The van der Waals surface area contributed by atoms with Crippen LogP contribution in [0.4, 0.5) is 0 Å². The summed E-state index contributed by atoms with van der Waals surface area (Å²) in [7, 11) is 0. The number of hydrogen-bond donors (Lipinski definition) is 1. The normalized spacial score (nSPS) is 17.3. The van der Waals surface area contributed by atoms with Gasteiger partial charge in [-0.2, -0.15) is 0 Å². The van der Waals surface area contributed by atoms with E-state index < -0.39 is 6.17 Å². The van der Waals surface area contributed by atoms with Gasteiger partial charge in [0.25, 0.3) is 5.91 Å². The minimum atomic E-state index is -0.488. The molecule has 6 nitrogen and oxygen atoms in total. The van der Waals surface area contributed by atoms with E-state index in [4.69, 9.17) is 14.8 Å². The van der Waals surface area contributed by atoms with Crippen LogP contribution in [-0.2, 0) is 4.79 Å². The van der Waals surface area contributed by atoms with Crippen molar-refractivity contribution in [3.63, 3.8) is 0 Å². The number of benzene rings is 2. The van der Waals surface area contributed by atoms with Crippen LogP contribution in [0, 0.1) is 0 Å². The molecule has 2 aromatic rings. The lowest BCUT2D eigenvalue weighted by molar-refractivity contribution is -0.116. The maximum absolute atomic E-state index is 13.1. The number of unbranched alkanes of at least 4 members (excludes halogenated alkanes) is 1. The summed E-state index contributed by atoms with van der Waals surface area (Å²) in [5, 5.41) is 11.4. The van der Waals surface area contributed by atoms with Gasteiger partial charge >= 0.3 is 0 Å². The minimum Gasteiger partial charge on any atom is -0.493 e. The van der Waals surface area contributed by atoms with Crippen LogP contribution >= 0.6 is 11.8 Å². The molecule has 0 saturated heterocycles. The molecule has 0 aromatic heterocycles. The SMILES string of the molecule is C=CCSC1=NN2C(=c3ccccc3=NC2c2ccccc2OCCCC)C(=O)N1. The Labute approximate surface area is 180 Å². The van der Waals surface area contributed by atoms with Gasteiger partial charge in [0.15, 0.2) is 11.3 Å². The van der Waals surface area contributed by atoms with E-state index in [1.807, 2.05) is 48.5 Å². The monoisotopic (exact) mass is 420 g/mol. The molecule has 0 aliphatic carbocycles. The fraction of sp³-hybridized carbons (Fsp3) is 0.261. The molecule has 30 heavy (non-hydrogen) atoms. The largest absolute Gasteiger partial charge is 0.493 e. The second kappa shape index (κ2) is 9.17. The third-order valence-corrected chi connectivity index (χ3v) is 5.67. The third-order valence-electron chi connectivity index (χ3n) is 4.81. The number of rotatable bonds is 7. The lowest BCUT2D eigenvalue weighted by atomic mass is 10.1. The standard InChI is InChI=1S/C23H24N4O2S/c1-3-5-14-29-19-13-9-7-11-17(19)21-24-18-12-8-6-10-16(18)20-22(28)25-23(26-27(20)21)30-15-4-2/h4,6-13,21H,2-3,5,14-15H2,1H3,(H,25,26,28). The number of hydrazone groups is 1. The minimum absolute atomic E-state index is 0.187. The summed E-state index contributed by atoms with van der Waals surface area (Å²) in [5.74, 6) is 1.23. The second-order valence-corrected chi connectivity index (χ2v) is 7.92. The van der Waals surface area contributed by atoms with Crippen molar-refractivity contribution in [3.8, 4) is 5.75 Å². The first-order valence-corrected chi connectivity index (χ1v) is 11.0. The Kier molecular flexibility index (Phi) is 6.18. The highest BCUT2D eigenvalue weighted by Gasteiger charge is 2.35. The van der Waals surface area contributed by atoms with Gasteiger partial charge in [0, 0.05) is 16.5 Å². The number of para-hydroxylation sites is 2. The molecule has 2 aliphatic heterocycles. The topological polar surface area (TPSA) is 66.3 Å². The summed E-state index contributed by atoms with van der Waals surface area (Å²) >= 11 is 1.43. The maximum Gasteiger partial charge on any atom is 0.276 e. The molecule has 2 aliphatic rings. The molecule has 7 heteroatoms. The molecular formula is C23H24N4O2S. The number of nitrogens with one attached hydrogen (secondary N) is 1. The first-order valence-electron chi connectivity index (χ1n) is 10.0. The zero-order chi connectivity index (χ0) is 20.9. The molecule has 1 N–H and O–H groups in total. The van der Waals surface area contributed by atoms with Crippen LogP contribution in [-0.4, -0.2) is 28.4 Å². The van der Waals surface area contributed by atoms with Crippen molar-refractivity contribution in [2.75, 3.05) is 12.4 Å². The van der Waals surface area contributed by atoms with E-state index >= 15 is 0 Å². The van der Waals surface area contributed by atoms with Gasteiger partial charge in [0.2, 0.25) is 0 Å². The zero-order valence-electron chi connectivity index (χ0n) is 16.9. The smallest absolute Gasteiger partial charge is 0.276 e. The maximum atomic E-state index is 13.1. The number of amidine groups is 1. The molecule has 0 fully saturated rings. The Morgan fingerprint density at radius 2 is 2.03 bits per heavy atom. The molecule has 0 radical (unpaired) electrons. The molecule has 1 unspecified atom stereocenters. The van der Waals surface area contributed by atoms with Gasteiger partial charge in [0.1, 0.15) is 11.4 Å². The fourth-order valence-electron chi connectivity index (χ4n) is 3.38. The van der Waals surface area contributed by atoms with E-state index in [1.165, 1.54) is 11.8 Å². The summed E-state index contributed by atoms with van der Waals surface area (Å²) in [6.45, 7) is 6.51. The lowest BCUT2D eigenvalue weighted by Gasteiger charge is -2.34. The third kappa shape index (κ3) is 3.98. The number of carbonyl (C=O) groups is 1. The van der Waals surface area contributed by atoms with Gasteiger partial charge in [-0.05, 0) is 18.6 Å². The number of hydrogen-bond acceptors (Lipinski definition) is 6. The predicted molar refractivity (Wildman–Crippen MR) is 120 cm³/mol. The van der Waals surface area contributed by atoms with Crippen molar-refractivity contribution in [2.24, 2.45) is 10.1 Å². The van der Waals surface area contributed by atoms with Crippen molar-refractivity contribution < 1.29 is 9.53 Å². The molecule has 4 rings (SSSR count). The van der Waals surface area contributed by atoms with Crippen LogP contribution in [0.2, 0.25) is 0 Å². The summed E-state index contributed by atoms with van der Waals surface area (Å²) in [6, 6.07) is 15.5. The van der Waals surface area contributed by atoms with E-state index in [1.54, 1.807) is 11.1 Å². The second-order valence-electron chi connectivity index (χ2n) is 6.91. The predicted octanol–water partition coefficient (Wildman–Crippen LogP) is 2.93. The van der Waals surface area contributed by atoms with Gasteiger partial charge in [-0.15, -0.1) is 11.7 Å². The molecule has 0 saturated carbocycles. The first-order chi connectivity index (χ1) is 14.7. The number of amides is 1. The Bertz CT molecular complexity index is 1110. The summed E-state index contributed by atoms with van der Waals surface area (Å²) in [6.07, 6.45) is 3.33. The van der Waals surface area contributed by atoms with Gasteiger partial charge in [-0.1, -0.05) is 67.6 Å². The van der Waals surface area contributed by atoms with Crippen molar-refractivity contribution in [1.29, 1.82) is 0 Å². The molecule has 2 aromatic carbocycles. The molecule has 1 amide bonds. The highest BCUT2D eigenvalue weighted by molar-refractivity contribution is 8.14. The quantitative estimate of drug-likeness (QED) is 0.553. The van der Waals surface area contributed by atoms with E-state index in [0.29, 0.717) is 23.2 Å². The van der Waals surface area contributed by atoms with Crippen molar-refractivity contribution in [3.05, 3.63) is 77.3 Å². The Hall–Kier alpha value is -3.06. The van der Waals surface area contributed by atoms with E-state index in [0.717, 1.165) is 34.7 Å². The van der Waals surface area contributed by atoms with Gasteiger partial charge < -0.3 is 4.74 Å². The number of nitrogens with zero attached hydrogens (tertiary/aromatic N) is 3. The van der Waals surface area contributed by atoms with Crippen LogP contribution in [0.5, 0.6) is 5.75 Å². The lowest BCUT2D eigenvalue weighted by Crippen LogP contribution is -2.50. The first kappa shape index (κ1) is 20.2.